The van der Waals surface area contributed by atoms with Crippen molar-refractivity contribution in [3.8, 4) is 0 Å². The molecule has 1 radical (unpaired) electrons. The van der Waals surface area contributed by atoms with Crippen LogP contribution in [0.4, 0.5) is 4.79 Å². The van der Waals surface area contributed by atoms with E-state index in [1.165, 1.54) is 0 Å². The van der Waals surface area contributed by atoms with E-state index in [9.17, 15) is 9.59 Å². The average molecular weight is 220 g/mol. The zero-order valence-electron chi connectivity index (χ0n) is 9.27. The summed E-state index contributed by atoms with van der Waals surface area (Å²) in [4.78, 5) is 22.0. The van der Waals surface area contributed by atoms with Crippen molar-refractivity contribution in [2.24, 2.45) is 0 Å². The van der Waals surface area contributed by atoms with Crippen molar-refractivity contribution in [3.63, 3.8) is 0 Å². The van der Waals surface area contributed by atoms with Crippen LogP contribution in [0, 0.1) is 0 Å². The van der Waals surface area contributed by atoms with Crippen molar-refractivity contribution in [1.29, 1.82) is 0 Å². The van der Waals surface area contributed by atoms with E-state index in [1.807, 2.05) is 6.07 Å². The Morgan fingerprint density at radius 1 is 1.31 bits per heavy atom. The molecule has 1 aromatic carbocycles. The molecule has 1 amide bonds. The molecule has 0 heterocycles. The van der Waals surface area contributed by atoms with Crippen molar-refractivity contribution in [2.75, 3.05) is 0 Å². The summed E-state index contributed by atoms with van der Waals surface area (Å²) in [7, 11) is 0. The monoisotopic (exact) mass is 220 g/mol. The molecule has 0 aliphatic heterocycles. The van der Waals surface area contributed by atoms with E-state index >= 15 is 0 Å². The molecule has 0 saturated carbocycles. The van der Waals surface area contributed by atoms with E-state index in [-0.39, 0.29) is 6.10 Å². The molecule has 1 N–H and O–H groups in total. The van der Waals surface area contributed by atoms with Gasteiger partial charge in [0.05, 0.1) is 6.10 Å². The third-order valence-electron chi connectivity index (χ3n) is 1.86. The van der Waals surface area contributed by atoms with Crippen LogP contribution >= 0.6 is 0 Å². The Balaban J connectivity index is 2.63. The van der Waals surface area contributed by atoms with Crippen molar-refractivity contribution in [2.45, 2.75) is 26.0 Å². The van der Waals surface area contributed by atoms with E-state index in [0.717, 1.165) is 0 Å². The van der Waals surface area contributed by atoms with E-state index in [2.05, 4.69) is 5.32 Å². The van der Waals surface area contributed by atoms with Gasteiger partial charge < -0.3 is 10.1 Å². The predicted octanol–water partition coefficient (Wildman–Crippen LogP) is 1.97. The van der Waals surface area contributed by atoms with Gasteiger partial charge in [-0.25, -0.2) is 4.79 Å². The number of benzene rings is 1. The van der Waals surface area contributed by atoms with Crippen LogP contribution in [0.2, 0.25) is 0 Å². The molecular weight excluding hydrogens is 206 g/mol. The summed E-state index contributed by atoms with van der Waals surface area (Å²) in [5.74, 6) is 0. The maximum absolute atomic E-state index is 11.3. The number of amides is 1. The van der Waals surface area contributed by atoms with Gasteiger partial charge in [-0.2, -0.15) is 0 Å². The standard InChI is InChI=1S/C12H14NO3/c1-9(2)16-12(15)13-11(8-14)10-6-4-3-5-7-10/h3-7,9,11H,1-2H3,(H,13,15). The summed E-state index contributed by atoms with van der Waals surface area (Å²) in [6.45, 7) is 3.48. The summed E-state index contributed by atoms with van der Waals surface area (Å²) in [5.41, 5.74) is 0.679. The third kappa shape index (κ3) is 3.73. The quantitative estimate of drug-likeness (QED) is 0.844. The number of hydrogen-bond donors (Lipinski definition) is 1. The Hall–Kier alpha value is -1.84. The molecule has 0 aliphatic carbocycles. The Kier molecular flexibility index (Phi) is 4.51. The molecule has 1 unspecified atom stereocenters. The topological polar surface area (TPSA) is 55.4 Å². The van der Waals surface area contributed by atoms with Gasteiger partial charge >= 0.3 is 6.09 Å². The van der Waals surface area contributed by atoms with E-state index in [0.29, 0.717) is 5.56 Å². The van der Waals surface area contributed by atoms with Gasteiger partial charge in [0.15, 0.2) is 0 Å². The molecule has 1 rings (SSSR count). The molecule has 0 saturated heterocycles. The summed E-state index contributed by atoms with van der Waals surface area (Å²) in [6, 6.07) is 8.10. The highest BCUT2D eigenvalue weighted by Gasteiger charge is 2.15. The smallest absolute Gasteiger partial charge is 0.408 e. The zero-order chi connectivity index (χ0) is 12.0. The summed E-state index contributed by atoms with van der Waals surface area (Å²) in [6.07, 6.45) is 0.923. The van der Waals surface area contributed by atoms with Crippen LogP contribution in [0.1, 0.15) is 25.5 Å². The van der Waals surface area contributed by atoms with Gasteiger partial charge in [0.2, 0.25) is 6.29 Å². The van der Waals surface area contributed by atoms with Crippen molar-refractivity contribution in [3.05, 3.63) is 35.9 Å². The lowest BCUT2D eigenvalue weighted by molar-refractivity contribution is 0.114. The average Bonchev–Trinajstić information content (AvgIpc) is 2.26. The maximum atomic E-state index is 11.3. The first kappa shape index (κ1) is 12.2. The lowest BCUT2D eigenvalue weighted by Gasteiger charge is -2.14. The van der Waals surface area contributed by atoms with Gasteiger partial charge in [-0.3, -0.25) is 4.79 Å². The van der Waals surface area contributed by atoms with Crippen LogP contribution in [0.15, 0.2) is 30.3 Å². The van der Waals surface area contributed by atoms with E-state index in [1.54, 1.807) is 44.4 Å². The molecule has 0 bridgehead atoms. The Morgan fingerprint density at radius 3 is 2.44 bits per heavy atom. The highest BCUT2D eigenvalue weighted by atomic mass is 16.6. The molecule has 1 aromatic rings. The number of rotatable bonds is 4. The maximum Gasteiger partial charge on any atom is 0.408 e. The lowest BCUT2D eigenvalue weighted by Crippen LogP contribution is -2.31. The minimum absolute atomic E-state index is 0.219. The Morgan fingerprint density at radius 2 is 1.94 bits per heavy atom. The predicted molar refractivity (Wildman–Crippen MR) is 59.6 cm³/mol. The molecular formula is C12H14NO3. The van der Waals surface area contributed by atoms with Gasteiger partial charge in [-0.05, 0) is 19.4 Å². The number of carbonyl (C=O) groups is 1. The van der Waals surface area contributed by atoms with Crippen LogP contribution in [0.25, 0.3) is 0 Å². The van der Waals surface area contributed by atoms with Crippen LogP contribution < -0.4 is 5.32 Å². The minimum atomic E-state index is -0.785. The third-order valence-corrected chi connectivity index (χ3v) is 1.86. The number of alkyl carbamates (subject to hydrolysis) is 1. The fraction of sp³-hybridized carbons (Fsp3) is 0.333. The molecule has 0 aromatic heterocycles. The van der Waals surface area contributed by atoms with Gasteiger partial charge in [-0.15, -0.1) is 0 Å². The molecule has 0 spiro atoms. The van der Waals surface area contributed by atoms with Crippen LogP contribution in [0.3, 0.4) is 0 Å². The van der Waals surface area contributed by atoms with Crippen LogP contribution in [0.5, 0.6) is 0 Å². The van der Waals surface area contributed by atoms with Crippen molar-refractivity contribution in [1.82, 2.24) is 5.32 Å². The Bertz CT molecular complexity index is 349. The largest absolute Gasteiger partial charge is 0.447 e. The second-order valence-electron chi connectivity index (χ2n) is 3.56. The first-order valence-electron chi connectivity index (χ1n) is 5.03. The van der Waals surface area contributed by atoms with E-state index < -0.39 is 12.1 Å². The molecule has 4 heteroatoms. The molecule has 0 fully saturated rings. The van der Waals surface area contributed by atoms with Crippen molar-refractivity contribution >= 4 is 12.4 Å². The number of carbonyl (C=O) groups excluding carboxylic acids is 2. The fourth-order valence-corrected chi connectivity index (χ4v) is 1.19. The van der Waals surface area contributed by atoms with Gasteiger partial charge in [0.1, 0.15) is 6.04 Å². The fourth-order valence-electron chi connectivity index (χ4n) is 1.19. The summed E-state index contributed by atoms with van der Waals surface area (Å²) < 4.78 is 4.88. The Labute approximate surface area is 94.6 Å². The summed E-state index contributed by atoms with van der Waals surface area (Å²) in [5, 5.41) is 2.43. The first-order chi connectivity index (χ1) is 7.63. The van der Waals surface area contributed by atoms with Crippen molar-refractivity contribution < 1.29 is 14.3 Å². The van der Waals surface area contributed by atoms with E-state index in [4.69, 9.17) is 4.74 Å². The van der Waals surface area contributed by atoms with Gasteiger partial charge in [-0.1, -0.05) is 30.3 Å². The van der Waals surface area contributed by atoms with Crippen LogP contribution in [-0.4, -0.2) is 18.5 Å². The molecule has 0 aliphatic rings. The second kappa shape index (κ2) is 5.90. The normalized spacial score (nSPS) is 11.9. The number of hydrogen-bond acceptors (Lipinski definition) is 3. The van der Waals surface area contributed by atoms with Crippen LogP contribution in [-0.2, 0) is 9.53 Å². The summed E-state index contributed by atoms with van der Waals surface area (Å²) >= 11 is 0. The highest BCUT2D eigenvalue weighted by Crippen LogP contribution is 2.09. The highest BCUT2D eigenvalue weighted by molar-refractivity contribution is 5.74. The molecule has 1 atom stereocenters. The van der Waals surface area contributed by atoms with Gasteiger partial charge in [0.25, 0.3) is 0 Å². The SMILES string of the molecule is CC(C)OC(=O)NC([C]=O)c1ccccc1. The number of ether oxygens (including phenoxy) is 1. The molecule has 16 heavy (non-hydrogen) atoms. The number of nitrogens with one attached hydrogen (secondary N) is 1. The lowest BCUT2D eigenvalue weighted by atomic mass is 10.1. The van der Waals surface area contributed by atoms with Gasteiger partial charge in [0, 0.05) is 0 Å². The first-order valence-corrected chi connectivity index (χ1v) is 5.03. The molecule has 4 nitrogen and oxygen atoms in total. The second-order valence-corrected chi connectivity index (χ2v) is 3.56. The molecule has 85 valence electrons. The zero-order valence-corrected chi connectivity index (χ0v) is 9.27. The minimum Gasteiger partial charge on any atom is -0.447 e.